The van der Waals surface area contributed by atoms with Crippen molar-refractivity contribution in [1.82, 2.24) is 19.7 Å². The van der Waals surface area contributed by atoms with Crippen LogP contribution in [0.2, 0.25) is 0 Å². The molecule has 13 heteroatoms. The van der Waals surface area contributed by atoms with E-state index in [-0.39, 0.29) is 35.0 Å². The zero-order chi connectivity index (χ0) is 27.3. The van der Waals surface area contributed by atoms with Gasteiger partial charge in [0.05, 0.1) is 19.1 Å². The molecule has 0 aliphatic rings. The van der Waals surface area contributed by atoms with E-state index in [1.807, 2.05) is 26.0 Å². The predicted molar refractivity (Wildman–Crippen MR) is 139 cm³/mol. The standard InChI is InChI=1S/C25H26N6O6S/c1-16-11-17(2)13-19(12-16)37-15-31-10-9-21(29-31)24(32)26-18-5-7-20(8-6-18)38(33,34)30-22-14-23(35-3)28-25(27-22)36-4/h5-14H,15H2,1-4H3,(H,26,32)(H,27,28,30). The Morgan fingerprint density at radius 1 is 0.947 bits per heavy atom. The molecular weight excluding hydrogens is 512 g/mol. The van der Waals surface area contributed by atoms with Crippen LogP contribution in [0.3, 0.4) is 0 Å². The van der Waals surface area contributed by atoms with Gasteiger partial charge in [0.1, 0.15) is 5.75 Å². The van der Waals surface area contributed by atoms with E-state index in [9.17, 15) is 13.2 Å². The number of nitrogens with one attached hydrogen (secondary N) is 2. The van der Waals surface area contributed by atoms with Crippen molar-refractivity contribution in [3.8, 4) is 17.6 Å². The third-order valence-corrected chi connectivity index (χ3v) is 6.54. The molecule has 1 amide bonds. The van der Waals surface area contributed by atoms with Gasteiger partial charge >= 0.3 is 6.01 Å². The van der Waals surface area contributed by atoms with Crippen LogP contribution in [-0.4, -0.2) is 48.3 Å². The first-order chi connectivity index (χ1) is 18.1. The lowest BCUT2D eigenvalue weighted by Gasteiger charge is -2.10. The first kappa shape index (κ1) is 26.4. The lowest BCUT2D eigenvalue weighted by atomic mass is 10.1. The number of hydrogen-bond donors (Lipinski definition) is 2. The minimum Gasteiger partial charge on any atom is -0.481 e. The number of carbonyl (C=O) groups is 1. The molecule has 0 radical (unpaired) electrons. The molecule has 0 saturated heterocycles. The molecule has 0 aliphatic heterocycles. The van der Waals surface area contributed by atoms with Crippen LogP contribution in [-0.2, 0) is 16.8 Å². The minimum atomic E-state index is -3.99. The number of sulfonamides is 1. The summed E-state index contributed by atoms with van der Waals surface area (Å²) in [4.78, 5) is 20.5. The summed E-state index contributed by atoms with van der Waals surface area (Å²) in [5.74, 6) is 0.366. The number of carbonyl (C=O) groups excluding carboxylic acids is 1. The van der Waals surface area contributed by atoms with E-state index >= 15 is 0 Å². The highest BCUT2D eigenvalue weighted by Crippen LogP contribution is 2.22. The van der Waals surface area contributed by atoms with Gasteiger partial charge < -0.3 is 19.5 Å². The Morgan fingerprint density at radius 3 is 2.32 bits per heavy atom. The molecule has 2 aromatic heterocycles. The molecule has 0 atom stereocenters. The SMILES string of the molecule is COc1cc(NS(=O)(=O)c2ccc(NC(=O)c3ccn(COc4cc(C)cc(C)c4)n3)cc2)nc(OC)n1. The Kier molecular flexibility index (Phi) is 7.76. The normalized spacial score (nSPS) is 11.1. The van der Waals surface area contributed by atoms with E-state index in [2.05, 4.69) is 31.2 Å². The molecule has 198 valence electrons. The second-order valence-electron chi connectivity index (χ2n) is 8.20. The van der Waals surface area contributed by atoms with Crippen LogP contribution in [0.25, 0.3) is 0 Å². The maximum absolute atomic E-state index is 12.8. The molecule has 4 aromatic rings. The van der Waals surface area contributed by atoms with Gasteiger partial charge in [-0.15, -0.1) is 0 Å². The minimum absolute atomic E-state index is 0.0248. The molecule has 2 heterocycles. The van der Waals surface area contributed by atoms with E-state index < -0.39 is 15.9 Å². The third-order valence-electron chi connectivity index (χ3n) is 5.17. The number of benzene rings is 2. The molecular formula is C25H26N6O6S. The van der Waals surface area contributed by atoms with Crippen molar-refractivity contribution in [3.63, 3.8) is 0 Å². The summed E-state index contributed by atoms with van der Waals surface area (Å²) in [5.41, 5.74) is 2.74. The number of hydrogen-bond acceptors (Lipinski definition) is 9. The summed E-state index contributed by atoms with van der Waals surface area (Å²) < 4.78 is 45.2. The van der Waals surface area contributed by atoms with Gasteiger partial charge in [0.2, 0.25) is 5.88 Å². The van der Waals surface area contributed by atoms with Crippen molar-refractivity contribution in [1.29, 1.82) is 0 Å². The molecule has 0 aliphatic carbocycles. The van der Waals surface area contributed by atoms with Gasteiger partial charge in [0.15, 0.2) is 18.2 Å². The van der Waals surface area contributed by atoms with E-state index in [1.165, 1.54) is 49.2 Å². The summed E-state index contributed by atoms with van der Waals surface area (Å²) >= 11 is 0. The van der Waals surface area contributed by atoms with Crippen molar-refractivity contribution in [2.75, 3.05) is 24.3 Å². The van der Waals surface area contributed by atoms with Crippen LogP contribution < -0.4 is 24.2 Å². The van der Waals surface area contributed by atoms with Crippen molar-refractivity contribution in [3.05, 3.63) is 77.6 Å². The lowest BCUT2D eigenvalue weighted by Crippen LogP contribution is -2.16. The van der Waals surface area contributed by atoms with Crippen molar-refractivity contribution >= 4 is 27.4 Å². The maximum atomic E-state index is 12.8. The first-order valence-corrected chi connectivity index (χ1v) is 12.8. The van der Waals surface area contributed by atoms with Crippen LogP contribution >= 0.6 is 0 Å². The Hall–Kier alpha value is -4.65. The van der Waals surface area contributed by atoms with Gasteiger partial charge in [-0.3, -0.25) is 9.52 Å². The fraction of sp³-hybridized carbons (Fsp3) is 0.200. The Labute approximate surface area is 219 Å². The van der Waals surface area contributed by atoms with E-state index in [0.29, 0.717) is 11.4 Å². The zero-order valence-electron chi connectivity index (χ0n) is 21.1. The number of aryl methyl sites for hydroxylation is 2. The third kappa shape index (κ3) is 6.56. The summed E-state index contributed by atoms with van der Waals surface area (Å²) in [7, 11) is -1.25. The van der Waals surface area contributed by atoms with Gasteiger partial charge in [-0.25, -0.2) is 13.1 Å². The van der Waals surface area contributed by atoms with Gasteiger partial charge in [0.25, 0.3) is 15.9 Å². The van der Waals surface area contributed by atoms with Gasteiger partial charge in [-0.1, -0.05) is 6.07 Å². The van der Waals surface area contributed by atoms with Crippen LogP contribution in [0, 0.1) is 13.8 Å². The molecule has 4 rings (SSSR count). The van der Waals surface area contributed by atoms with Crippen LogP contribution in [0.5, 0.6) is 17.6 Å². The fourth-order valence-corrected chi connectivity index (χ4v) is 4.46. The van der Waals surface area contributed by atoms with Crippen molar-refractivity contribution in [2.24, 2.45) is 0 Å². The first-order valence-electron chi connectivity index (χ1n) is 11.3. The lowest BCUT2D eigenvalue weighted by molar-refractivity contribution is 0.102. The molecule has 38 heavy (non-hydrogen) atoms. The number of anilines is 2. The smallest absolute Gasteiger partial charge is 0.321 e. The quantitative estimate of drug-likeness (QED) is 0.310. The number of rotatable bonds is 10. The average molecular weight is 539 g/mol. The van der Waals surface area contributed by atoms with E-state index in [0.717, 1.165) is 11.1 Å². The van der Waals surface area contributed by atoms with E-state index in [4.69, 9.17) is 14.2 Å². The summed E-state index contributed by atoms with van der Waals surface area (Å²) in [6.45, 7) is 4.11. The summed E-state index contributed by atoms with van der Waals surface area (Å²) in [6.07, 6.45) is 1.63. The Balaban J connectivity index is 1.38. The van der Waals surface area contributed by atoms with Crippen molar-refractivity contribution in [2.45, 2.75) is 25.5 Å². The van der Waals surface area contributed by atoms with E-state index in [1.54, 1.807) is 12.3 Å². The number of amides is 1. The van der Waals surface area contributed by atoms with Crippen LogP contribution in [0.4, 0.5) is 11.5 Å². The molecule has 2 aromatic carbocycles. The highest BCUT2D eigenvalue weighted by molar-refractivity contribution is 7.92. The number of ether oxygens (including phenoxy) is 3. The fourth-order valence-electron chi connectivity index (χ4n) is 3.47. The van der Waals surface area contributed by atoms with Crippen LogP contribution in [0.1, 0.15) is 21.6 Å². The largest absolute Gasteiger partial charge is 0.481 e. The highest BCUT2D eigenvalue weighted by atomic mass is 32.2. The van der Waals surface area contributed by atoms with Crippen LogP contribution in [0.15, 0.2) is 65.7 Å². The van der Waals surface area contributed by atoms with Gasteiger partial charge in [-0.2, -0.15) is 15.1 Å². The van der Waals surface area contributed by atoms with Crippen molar-refractivity contribution < 1.29 is 27.4 Å². The average Bonchev–Trinajstić information content (AvgIpc) is 3.36. The molecule has 0 saturated carbocycles. The second-order valence-corrected chi connectivity index (χ2v) is 9.89. The molecule has 0 unspecified atom stereocenters. The van der Waals surface area contributed by atoms with Gasteiger partial charge in [0, 0.05) is 18.0 Å². The number of methoxy groups -OCH3 is 2. The number of nitrogens with zero attached hydrogens (tertiary/aromatic N) is 4. The number of aromatic nitrogens is 4. The second kappa shape index (κ2) is 11.2. The predicted octanol–water partition coefficient (Wildman–Crippen LogP) is 3.40. The molecule has 0 fully saturated rings. The Morgan fingerprint density at radius 2 is 1.66 bits per heavy atom. The molecule has 0 bridgehead atoms. The zero-order valence-corrected chi connectivity index (χ0v) is 21.9. The summed E-state index contributed by atoms with van der Waals surface area (Å²) in [6, 6.07) is 14.4. The molecule has 0 spiro atoms. The molecule has 2 N–H and O–H groups in total. The maximum Gasteiger partial charge on any atom is 0.321 e. The molecule has 12 nitrogen and oxygen atoms in total. The monoisotopic (exact) mass is 538 g/mol. The van der Waals surface area contributed by atoms with Gasteiger partial charge in [-0.05, 0) is 67.4 Å². The topological polar surface area (TPSA) is 147 Å². The Bertz CT molecular complexity index is 1510. The highest BCUT2D eigenvalue weighted by Gasteiger charge is 2.18. The summed E-state index contributed by atoms with van der Waals surface area (Å²) in [5, 5.41) is 6.93.